The fourth-order valence-electron chi connectivity index (χ4n) is 2.47. The second-order valence-electron chi connectivity index (χ2n) is 7.56. The molecule has 5 unspecified atom stereocenters. The quantitative estimate of drug-likeness (QED) is 0.127. The molecule has 0 saturated carbocycles. The van der Waals surface area contributed by atoms with E-state index in [4.69, 9.17) is 16.6 Å². The van der Waals surface area contributed by atoms with Gasteiger partial charge in [0, 0.05) is 6.42 Å². The Kier molecular flexibility index (Phi) is 11.9. The summed E-state index contributed by atoms with van der Waals surface area (Å²) >= 11 is 0. The first-order valence-electron chi connectivity index (χ1n) is 9.75. The zero-order chi connectivity index (χ0) is 25.2. The molecule has 0 aliphatic rings. The van der Waals surface area contributed by atoms with Crippen LogP contribution in [0.25, 0.3) is 0 Å². The fraction of sp³-hybridized carbons (Fsp3) is 0.667. The molecule has 0 heterocycles. The van der Waals surface area contributed by atoms with Gasteiger partial charge in [0.15, 0.2) is 0 Å². The van der Waals surface area contributed by atoms with Crippen molar-refractivity contribution in [2.75, 3.05) is 0 Å². The number of nitrogens with one attached hydrogen (secondary N) is 3. The van der Waals surface area contributed by atoms with Crippen molar-refractivity contribution < 1.29 is 44.1 Å². The smallest absolute Gasteiger partial charge is 0.326 e. The van der Waals surface area contributed by atoms with Gasteiger partial charge in [0.05, 0.1) is 12.5 Å². The van der Waals surface area contributed by atoms with Crippen LogP contribution in [0.5, 0.6) is 0 Å². The monoisotopic (exact) mass is 461 g/mol. The normalized spacial score (nSPS) is 15.6. The maximum absolute atomic E-state index is 12.7. The van der Waals surface area contributed by atoms with Gasteiger partial charge < -0.3 is 42.7 Å². The first-order chi connectivity index (χ1) is 14.7. The minimum Gasteiger partial charge on any atom is -0.481 e. The van der Waals surface area contributed by atoms with Crippen molar-refractivity contribution in [1.29, 1.82) is 0 Å². The molecule has 0 rings (SSSR count). The second-order valence-corrected chi connectivity index (χ2v) is 7.56. The maximum atomic E-state index is 12.7. The summed E-state index contributed by atoms with van der Waals surface area (Å²) in [4.78, 5) is 70.6. The van der Waals surface area contributed by atoms with Crippen LogP contribution >= 0.6 is 0 Å². The Morgan fingerprint density at radius 1 is 0.844 bits per heavy atom. The molecule has 32 heavy (non-hydrogen) atoms. The van der Waals surface area contributed by atoms with Crippen LogP contribution in [0, 0.1) is 5.92 Å². The van der Waals surface area contributed by atoms with Crippen molar-refractivity contribution in [1.82, 2.24) is 16.0 Å². The minimum atomic E-state index is -1.59. The van der Waals surface area contributed by atoms with Gasteiger partial charge in [-0.25, -0.2) is 4.79 Å². The molecule has 0 aliphatic heterocycles. The number of primary amides is 1. The number of carbonyl (C=O) groups excluding carboxylic acids is 4. The van der Waals surface area contributed by atoms with Gasteiger partial charge in [0.25, 0.3) is 0 Å². The number of carboxylic acid groups (broad SMARTS) is 2. The molecule has 0 aromatic heterocycles. The molecule has 14 heteroatoms. The van der Waals surface area contributed by atoms with Gasteiger partial charge in [-0.05, 0) is 19.3 Å². The van der Waals surface area contributed by atoms with Crippen LogP contribution in [-0.4, -0.2) is 81.2 Å². The molecule has 0 aromatic carbocycles. The van der Waals surface area contributed by atoms with Gasteiger partial charge >= 0.3 is 11.9 Å². The molecule has 0 saturated heterocycles. The lowest BCUT2D eigenvalue weighted by atomic mass is 10.0. The van der Waals surface area contributed by atoms with E-state index in [-0.39, 0.29) is 0 Å². The van der Waals surface area contributed by atoms with E-state index in [1.54, 1.807) is 13.8 Å². The lowest BCUT2D eigenvalue weighted by Crippen LogP contribution is -2.59. The molecule has 182 valence electrons. The Hall–Kier alpha value is -3.26. The molecular formula is C18H31N5O9. The highest BCUT2D eigenvalue weighted by Crippen LogP contribution is 2.06. The number of hydrogen-bond acceptors (Lipinski definition) is 8. The van der Waals surface area contributed by atoms with Gasteiger partial charge in [-0.15, -0.1) is 0 Å². The summed E-state index contributed by atoms with van der Waals surface area (Å²) in [7, 11) is 0. The van der Waals surface area contributed by atoms with E-state index >= 15 is 0 Å². The molecule has 0 radical (unpaired) electrons. The van der Waals surface area contributed by atoms with Crippen LogP contribution in [-0.2, 0) is 28.8 Å². The topological polar surface area (TPSA) is 251 Å². The molecule has 0 fully saturated rings. The SMILES string of the molecule is CC(C)C(NC(=O)C(N)C(C)O)C(=O)NC(CC(N)=O)C(=O)NC(CCC(=O)O)C(=O)O. The Labute approximate surface area is 184 Å². The van der Waals surface area contributed by atoms with E-state index in [0.717, 1.165) is 0 Å². The number of nitrogens with two attached hydrogens (primary N) is 2. The molecule has 10 N–H and O–H groups in total. The molecule has 0 aliphatic carbocycles. The third-order valence-electron chi connectivity index (χ3n) is 4.37. The highest BCUT2D eigenvalue weighted by molar-refractivity contribution is 5.96. The van der Waals surface area contributed by atoms with E-state index in [2.05, 4.69) is 16.0 Å². The van der Waals surface area contributed by atoms with Crippen LogP contribution in [0.2, 0.25) is 0 Å². The summed E-state index contributed by atoms with van der Waals surface area (Å²) in [6.45, 7) is 4.44. The average molecular weight is 461 g/mol. The van der Waals surface area contributed by atoms with Gasteiger partial charge in [-0.2, -0.15) is 0 Å². The molecule has 0 spiro atoms. The number of amides is 4. The summed E-state index contributed by atoms with van der Waals surface area (Å²) < 4.78 is 0. The number of rotatable bonds is 14. The van der Waals surface area contributed by atoms with Gasteiger partial charge in [0.2, 0.25) is 23.6 Å². The van der Waals surface area contributed by atoms with E-state index in [1.165, 1.54) is 6.92 Å². The van der Waals surface area contributed by atoms with Crippen molar-refractivity contribution in [2.24, 2.45) is 17.4 Å². The van der Waals surface area contributed by atoms with E-state index in [1.807, 2.05) is 0 Å². The molecule has 14 nitrogen and oxygen atoms in total. The van der Waals surface area contributed by atoms with E-state index in [9.17, 15) is 39.0 Å². The van der Waals surface area contributed by atoms with Gasteiger partial charge in [0.1, 0.15) is 24.2 Å². The van der Waals surface area contributed by atoms with E-state index in [0.29, 0.717) is 0 Å². The first kappa shape index (κ1) is 28.7. The molecular weight excluding hydrogens is 430 g/mol. The summed E-state index contributed by atoms with van der Waals surface area (Å²) in [6.07, 6.45) is -2.86. The maximum Gasteiger partial charge on any atom is 0.326 e. The van der Waals surface area contributed by atoms with Crippen LogP contribution in [0.15, 0.2) is 0 Å². The minimum absolute atomic E-state index is 0.435. The Morgan fingerprint density at radius 2 is 1.38 bits per heavy atom. The predicted molar refractivity (Wildman–Crippen MR) is 109 cm³/mol. The number of carbonyl (C=O) groups is 6. The summed E-state index contributed by atoms with van der Waals surface area (Å²) in [6, 6.07) is -5.71. The van der Waals surface area contributed by atoms with Crippen LogP contribution in [0.3, 0.4) is 0 Å². The van der Waals surface area contributed by atoms with Crippen molar-refractivity contribution in [3.05, 3.63) is 0 Å². The number of aliphatic carboxylic acids is 2. The van der Waals surface area contributed by atoms with Crippen LogP contribution in [0.4, 0.5) is 0 Å². The molecule has 0 bridgehead atoms. The Bertz CT molecular complexity index is 726. The van der Waals surface area contributed by atoms with Crippen LogP contribution < -0.4 is 27.4 Å². The van der Waals surface area contributed by atoms with Gasteiger partial charge in [-0.1, -0.05) is 13.8 Å². The number of carboxylic acids is 2. The summed E-state index contributed by atoms with van der Waals surface area (Å²) in [5.74, 6) is -7.07. The summed E-state index contributed by atoms with van der Waals surface area (Å²) in [5, 5.41) is 33.9. The third kappa shape index (κ3) is 10.2. The van der Waals surface area contributed by atoms with E-state index < -0.39 is 91.0 Å². The van der Waals surface area contributed by atoms with Crippen LogP contribution in [0.1, 0.15) is 40.0 Å². The van der Waals surface area contributed by atoms with Crippen molar-refractivity contribution in [3.8, 4) is 0 Å². The number of hydrogen-bond donors (Lipinski definition) is 8. The molecule has 0 aromatic rings. The average Bonchev–Trinajstić information content (AvgIpc) is 2.66. The van der Waals surface area contributed by atoms with Gasteiger partial charge in [-0.3, -0.25) is 24.0 Å². The molecule has 5 atom stereocenters. The van der Waals surface area contributed by atoms with Crippen molar-refractivity contribution in [2.45, 2.75) is 70.3 Å². The lowest BCUT2D eigenvalue weighted by Gasteiger charge is -2.27. The highest BCUT2D eigenvalue weighted by atomic mass is 16.4. The number of aliphatic hydroxyl groups is 1. The fourth-order valence-corrected chi connectivity index (χ4v) is 2.47. The highest BCUT2D eigenvalue weighted by Gasteiger charge is 2.33. The van der Waals surface area contributed by atoms with Crippen molar-refractivity contribution in [3.63, 3.8) is 0 Å². The standard InChI is InChI=1S/C18H31N5O9/c1-7(2)14(23-16(29)13(20)8(3)24)17(30)22-10(6-11(19)25)15(28)21-9(18(31)32)4-5-12(26)27/h7-10,13-14,24H,4-6,20H2,1-3H3,(H2,19,25)(H,21,28)(H,22,30)(H,23,29)(H,26,27)(H,31,32). The third-order valence-corrected chi connectivity index (χ3v) is 4.37. The first-order valence-corrected chi connectivity index (χ1v) is 9.75. The summed E-state index contributed by atoms with van der Waals surface area (Å²) in [5.41, 5.74) is 10.6. The predicted octanol–water partition coefficient (Wildman–Crippen LogP) is -3.37. The lowest BCUT2D eigenvalue weighted by molar-refractivity contribution is -0.143. The van der Waals surface area contributed by atoms with Crippen molar-refractivity contribution >= 4 is 35.6 Å². The Balaban J connectivity index is 5.47. The Morgan fingerprint density at radius 3 is 1.78 bits per heavy atom. The second kappa shape index (κ2) is 13.2. The zero-order valence-corrected chi connectivity index (χ0v) is 18.0. The molecule has 4 amide bonds. The largest absolute Gasteiger partial charge is 0.481 e. The number of aliphatic hydroxyl groups excluding tert-OH is 1. The zero-order valence-electron chi connectivity index (χ0n) is 18.0.